The molecule has 1 aliphatic rings. The van der Waals surface area contributed by atoms with Gasteiger partial charge in [-0.3, -0.25) is 13.9 Å². The van der Waals surface area contributed by atoms with Gasteiger partial charge in [0.15, 0.2) is 0 Å². The van der Waals surface area contributed by atoms with Crippen LogP contribution in [0.5, 0.6) is 5.75 Å². The van der Waals surface area contributed by atoms with E-state index in [2.05, 4.69) is 21.2 Å². The van der Waals surface area contributed by atoms with Crippen LogP contribution in [0.25, 0.3) is 0 Å². The Balaban J connectivity index is 1.56. The Bertz CT molecular complexity index is 1820. The number of anilines is 1. The first-order chi connectivity index (χ1) is 24.2. The van der Waals surface area contributed by atoms with Gasteiger partial charge in [-0.25, -0.2) is 8.42 Å². The predicted octanol–water partition coefficient (Wildman–Crippen LogP) is 7.85. The summed E-state index contributed by atoms with van der Waals surface area (Å²) in [7, 11) is -4.21. The summed E-state index contributed by atoms with van der Waals surface area (Å²) in [5.41, 5.74) is 2.01. The third-order valence-corrected chi connectivity index (χ3v) is 11.9. The summed E-state index contributed by atoms with van der Waals surface area (Å²) in [5.74, 6) is -0.155. The molecule has 5 rings (SSSR count). The molecule has 4 aromatic carbocycles. The Morgan fingerprint density at radius 1 is 0.900 bits per heavy atom. The van der Waals surface area contributed by atoms with Crippen LogP contribution in [0.4, 0.5) is 5.69 Å². The molecule has 0 radical (unpaired) electrons. The summed E-state index contributed by atoms with van der Waals surface area (Å²) in [4.78, 5) is 31.6. The van der Waals surface area contributed by atoms with Crippen molar-refractivity contribution >= 4 is 55.2 Å². The van der Waals surface area contributed by atoms with Crippen LogP contribution in [0.2, 0.25) is 0 Å². The molecule has 1 fully saturated rings. The van der Waals surface area contributed by atoms with Gasteiger partial charge in [0.25, 0.3) is 10.0 Å². The number of halogens is 1. The van der Waals surface area contributed by atoms with Gasteiger partial charge < -0.3 is 15.0 Å². The second-order valence-corrected chi connectivity index (χ2v) is 16.0. The molecule has 1 atom stereocenters. The largest absolute Gasteiger partial charge is 0.494 e. The zero-order valence-corrected chi connectivity index (χ0v) is 31.7. The third kappa shape index (κ3) is 9.92. The Hall–Kier alpha value is -3.80. The van der Waals surface area contributed by atoms with Crippen LogP contribution < -0.4 is 14.4 Å². The average molecular weight is 779 g/mol. The highest BCUT2D eigenvalue weighted by Gasteiger charge is 2.35. The van der Waals surface area contributed by atoms with Gasteiger partial charge in [0, 0.05) is 28.4 Å². The van der Waals surface area contributed by atoms with Crippen LogP contribution >= 0.6 is 27.7 Å². The van der Waals surface area contributed by atoms with Crippen molar-refractivity contribution in [1.82, 2.24) is 10.2 Å². The zero-order chi connectivity index (χ0) is 35.5. The number of hydrogen-bond acceptors (Lipinski definition) is 6. The molecule has 0 aliphatic heterocycles. The van der Waals surface area contributed by atoms with Crippen LogP contribution in [0, 0.1) is 0 Å². The minimum Gasteiger partial charge on any atom is -0.494 e. The van der Waals surface area contributed by atoms with E-state index < -0.39 is 28.5 Å². The van der Waals surface area contributed by atoms with Crippen LogP contribution in [-0.4, -0.2) is 56.6 Å². The summed E-state index contributed by atoms with van der Waals surface area (Å²) in [6, 6.07) is 29.6. The molecule has 1 aliphatic carbocycles. The maximum Gasteiger partial charge on any atom is 0.264 e. The number of amides is 2. The lowest BCUT2D eigenvalue weighted by Gasteiger charge is -2.35. The van der Waals surface area contributed by atoms with Crippen molar-refractivity contribution in [3.8, 4) is 5.75 Å². The van der Waals surface area contributed by atoms with Crippen molar-refractivity contribution < 1.29 is 22.7 Å². The monoisotopic (exact) mass is 777 g/mol. The topological polar surface area (TPSA) is 96.0 Å². The summed E-state index contributed by atoms with van der Waals surface area (Å²) in [5, 5.41) is 3.25. The van der Waals surface area contributed by atoms with E-state index in [1.165, 1.54) is 11.8 Å². The van der Waals surface area contributed by atoms with E-state index in [1.54, 1.807) is 53.4 Å². The number of nitrogens with one attached hydrogen (secondary N) is 1. The number of benzene rings is 4. The number of carbonyl (C=O) groups is 2. The van der Waals surface area contributed by atoms with Crippen molar-refractivity contribution in [3.63, 3.8) is 0 Å². The maximum atomic E-state index is 14.8. The zero-order valence-electron chi connectivity index (χ0n) is 28.5. The first-order valence-corrected chi connectivity index (χ1v) is 20.4. The van der Waals surface area contributed by atoms with Crippen molar-refractivity contribution in [2.24, 2.45) is 0 Å². The highest BCUT2D eigenvalue weighted by Crippen LogP contribution is 2.29. The number of sulfonamides is 1. The summed E-state index contributed by atoms with van der Waals surface area (Å²) in [6.07, 6.45) is 7.20. The van der Waals surface area contributed by atoms with Crippen molar-refractivity contribution in [2.75, 3.05) is 23.7 Å². The molecule has 0 spiro atoms. The summed E-state index contributed by atoms with van der Waals surface area (Å²) < 4.78 is 36.4. The van der Waals surface area contributed by atoms with Crippen molar-refractivity contribution in [2.45, 2.75) is 73.9 Å². The van der Waals surface area contributed by atoms with Crippen LogP contribution in [0.15, 0.2) is 117 Å². The Morgan fingerprint density at radius 3 is 2.22 bits per heavy atom. The second kappa shape index (κ2) is 17.9. The van der Waals surface area contributed by atoms with Gasteiger partial charge in [0.1, 0.15) is 18.3 Å². The van der Waals surface area contributed by atoms with Crippen molar-refractivity contribution in [1.29, 1.82) is 0 Å². The normalized spacial score (nSPS) is 14.1. The van der Waals surface area contributed by atoms with E-state index in [4.69, 9.17) is 4.74 Å². The molecule has 264 valence electrons. The lowest BCUT2D eigenvalue weighted by Crippen LogP contribution is -2.55. The number of carbonyl (C=O) groups excluding carboxylic acids is 2. The van der Waals surface area contributed by atoms with Gasteiger partial charge >= 0.3 is 0 Å². The highest BCUT2D eigenvalue weighted by atomic mass is 79.9. The lowest BCUT2D eigenvalue weighted by molar-refractivity contribution is -0.140. The standard InChI is InChI=1S/C39H44BrN3O5S2/c1-3-48-34-19-17-33(18-20-34)43(50(46,47)36-23-21-35(49-2)22-24-36)28-38(44)42(27-30-13-10-14-31(40)25-30)37(26-29-11-6-4-7-12-29)39(45)41-32-15-8-5-9-16-32/h4,6-7,10-14,17-25,32,37H,3,5,8-9,15-16,26-28H2,1-2H3,(H,41,45)/t37-/m0/s1. The van der Waals surface area contributed by atoms with Gasteiger partial charge in [0.2, 0.25) is 11.8 Å². The minimum absolute atomic E-state index is 0.0299. The van der Waals surface area contributed by atoms with E-state index in [0.717, 1.165) is 56.9 Å². The van der Waals surface area contributed by atoms with E-state index in [1.807, 2.05) is 67.8 Å². The van der Waals surface area contributed by atoms with Gasteiger partial charge in [-0.2, -0.15) is 0 Å². The molecule has 8 nitrogen and oxygen atoms in total. The predicted molar refractivity (Wildman–Crippen MR) is 204 cm³/mol. The molecular formula is C39H44BrN3O5S2. The highest BCUT2D eigenvalue weighted by molar-refractivity contribution is 9.10. The van der Waals surface area contributed by atoms with E-state index in [0.29, 0.717) is 18.0 Å². The van der Waals surface area contributed by atoms with Crippen LogP contribution in [-0.2, 0) is 32.6 Å². The van der Waals surface area contributed by atoms with Gasteiger partial charge in [-0.15, -0.1) is 11.8 Å². The van der Waals surface area contributed by atoms with Crippen LogP contribution in [0.1, 0.15) is 50.2 Å². The fraction of sp³-hybridized carbons (Fsp3) is 0.333. The minimum atomic E-state index is -4.21. The smallest absolute Gasteiger partial charge is 0.264 e. The molecule has 0 saturated heterocycles. The molecule has 2 amide bonds. The van der Waals surface area contributed by atoms with Crippen LogP contribution in [0.3, 0.4) is 0 Å². The molecule has 0 aromatic heterocycles. The molecule has 11 heteroatoms. The molecular weight excluding hydrogens is 734 g/mol. The fourth-order valence-electron chi connectivity index (χ4n) is 6.21. The fourth-order valence-corrected chi connectivity index (χ4v) is 8.48. The molecule has 50 heavy (non-hydrogen) atoms. The second-order valence-electron chi connectivity index (χ2n) is 12.3. The van der Waals surface area contributed by atoms with E-state index in [-0.39, 0.29) is 29.8 Å². The third-order valence-electron chi connectivity index (χ3n) is 8.83. The number of nitrogens with zero attached hydrogens (tertiary/aromatic N) is 2. The van der Waals surface area contributed by atoms with Crippen molar-refractivity contribution in [3.05, 3.63) is 119 Å². The Morgan fingerprint density at radius 2 is 1.58 bits per heavy atom. The van der Waals surface area contributed by atoms with Gasteiger partial charge in [0.05, 0.1) is 17.2 Å². The first-order valence-electron chi connectivity index (χ1n) is 17.0. The van der Waals surface area contributed by atoms with Gasteiger partial charge in [-0.1, -0.05) is 77.7 Å². The average Bonchev–Trinajstić information content (AvgIpc) is 3.13. The SMILES string of the molecule is CCOc1ccc(N(CC(=O)N(Cc2cccc(Br)c2)[C@@H](Cc2ccccc2)C(=O)NC2CCCCC2)S(=O)(=O)c2ccc(SC)cc2)cc1. The molecule has 1 N–H and O–H groups in total. The Kier molecular flexibility index (Phi) is 13.4. The van der Waals surface area contributed by atoms with Gasteiger partial charge in [-0.05, 0) is 97.8 Å². The molecule has 0 heterocycles. The summed E-state index contributed by atoms with van der Waals surface area (Å²) >= 11 is 5.05. The molecule has 0 bridgehead atoms. The van der Waals surface area contributed by atoms with E-state index in [9.17, 15) is 18.0 Å². The lowest BCUT2D eigenvalue weighted by atomic mass is 9.94. The maximum absolute atomic E-state index is 14.8. The first kappa shape index (κ1) is 37.5. The molecule has 4 aromatic rings. The number of hydrogen-bond donors (Lipinski definition) is 1. The molecule has 0 unspecified atom stereocenters. The number of rotatable bonds is 15. The quantitative estimate of drug-likeness (QED) is 0.124. The van der Waals surface area contributed by atoms with E-state index >= 15 is 0 Å². The molecule has 1 saturated carbocycles. The summed E-state index contributed by atoms with van der Waals surface area (Å²) in [6.45, 7) is 1.92. The number of ether oxygens (including phenoxy) is 1. The number of thioether (sulfide) groups is 1. The Labute approximate surface area is 308 Å².